The maximum atomic E-state index is 12.4. The minimum absolute atomic E-state index is 0.0340. The second-order valence-electron chi connectivity index (χ2n) is 6.02. The standard InChI is InChI=1S/C17H21ClN4O/c1-11-16(12(2)21(3)20-11)9-19-17(23)22-7-6-13-8-15(18)5-4-14(13)10-22/h4-5,8H,6-7,9-10H2,1-3H3,(H,19,23). The van der Waals surface area contributed by atoms with Gasteiger partial charge in [-0.05, 0) is 43.5 Å². The molecular formula is C17H21ClN4O. The molecule has 1 aliphatic heterocycles. The number of nitrogens with zero attached hydrogens (tertiary/aromatic N) is 3. The molecule has 1 N–H and O–H groups in total. The van der Waals surface area contributed by atoms with Gasteiger partial charge in [0, 0.05) is 43.0 Å². The number of carbonyl (C=O) groups is 1. The summed E-state index contributed by atoms with van der Waals surface area (Å²) in [6.45, 7) is 5.83. The monoisotopic (exact) mass is 332 g/mol. The number of rotatable bonds is 2. The molecular weight excluding hydrogens is 312 g/mol. The second kappa shape index (κ2) is 6.24. The van der Waals surface area contributed by atoms with Gasteiger partial charge in [-0.1, -0.05) is 17.7 Å². The molecule has 3 rings (SSSR count). The van der Waals surface area contributed by atoms with Crippen molar-refractivity contribution in [3.8, 4) is 0 Å². The van der Waals surface area contributed by atoms with Crippen molar-refractivity contribution < 1.29 is 4.79 Å². The van der Waals surface area contributed by atoms with Crippen LogP contribution in [0.25, 0.3) is 0 Å². The van der Waals surface area contributed by atoms with Crippen molar-refractivity contribution in [1.82, 2.24) is 20.0 Å². The van der Waals surface area contributed by atoms with Gasteiger partial charge < -0.3 is 10.2 Å². The number of urea groups is 1. The summed E-state index contributed by atoms with van der Waals surface area (Å²) >= 11 is 6.02. The van der Waals surface area contributed by atoms with E-state index in [-0.39, 0.29) is 6.03 Å². The van der Waals surface area contributed by atoms with E-state index < -0.39 is 0 Å². The molecule has 122 valence electrons. The van der Waals surface area contributed by atoms with E-state index in [1.165, 1.54) is 11.1 Å². The first-order valence-corrected chi connectivity index (χ1v) is 8.12. The molecule has 0 fully saturated rings. The van der Waals surface area contributed by atoms with Crippen molar-refractivity contribution in [2.75, 3.05) is 6.54 Å². The second-order valence-corrected chi connectivity index (χ2v) is 6.45. The Hall–Kier alpha value is -2.01. The van der Waals surface area contributed by atoms with Crippen LogP contribution < -0.4 is 5.32 Å². The number of fused-ring (bicyclic) bond motifs is 1. The molecule has 0 aliphatic carbocycles. The molecule has 1 aromatic heterocycles. The van der Waals surface area contributed by atoms with E-state index in [1.54, 1.807) is 0 Å². The molecule has 2 heterocycles. The van der Waals surface area contributed by atoms with Gasteiger partial charge in [0.1, 0.15) is 0 Å². The summed E-state index contributed by atoms with van der Waals surface area (Å²) in [5.74, 6) is 0. The Bertz CT molecular complexity index is 753. The molecule has 23 heavy (non-hydrogen) atoms. The van der Waals surface area contributed by atoms with E-state index in [4.69, 9.17) is 11.6 Å². The van der Waals surface area contributed by atoms with Gasteiger partial charge >= 0.3 is 6.03 Å². The van der Waals surface area contributed by atoms with Gasteiger partial charge in [-0.15, -0.1) is 0 Å². The van der Waals surface area contributed by atoms with Gasteiger partial charge in [0.05, 0.1) is 5.69 Å². The van der Waals surface area contributed by atoms with Crippen molar-refractivity contribution in [2.24, 2.45) is 7.05 Å². The Labute approximate surface area is 141 Å². The highest BCUT2D eigenvalue weighted by Crippen LogP contribution is 2.22. The molecule has 5 nitrogen and oxygen atoms in total. The smallest absolute Gasteiger partial charge is 0.317 e. The highest BCUT2D eigenvalue weighted by Gasteiger charge is 2.21. The van der Waals surface area contributed by atoms with Crippen molar-refractivity contribution in [3.63, 3.8) is 0 Å². The third-order valence-corrected chi connectivity index (χ3v) is 4.78. The lowest BCUT2D eigenvalue weighted by molar-refractivity contribution is 0.192. The highest BCUT2D eigenvalue weighted by atomic mass is 35.5. The fourth-order valence-electron chi connectivity index (χ4n) is 3.04. The fourth-order valence-corrected chi connectivity index (χ4v) is 3.24. The zero-order chi connectivity index (χ0) is 16.6. The lowest BCUT2D eigenvalue weighted by Gasteiger charge is -2.29. The molecule has 0 saturated heterocycles. The lowest BCUT2D eigenvalue weighted by atomic mass is 10.0. The van der Waals surface area contributed by atoms with Gasteiger partial charge in [0.15, 0.2) is 0 Å². The minimum Gasteiger partial charge on any atom is -0.334 e. The number of aryl methyl sites for hydroxylation is 2. The number of benzene rings is 1. The Balaban J connectivity index is 1.64. The van der Waals surface area contributed by atoms with Crippen LogP contribution in [0.4, 0.5) is 4.79 Å². The molecule has 1 aromatic carbocycles. The van der Waals surface area contributed by atoms with E-state index in [0.717, 1.165) is 28.4 Å². The van der Waals surface area contributed by atoms with Crippen LogP contribution in [-0.2, 0) is 26.6 Å². The maximum Gasteiger partial charge on any atom is 0.317 e. The van der Waals surface area contributed by atoms with E-state index in [1.807, 2.05) is 48.7 Å². The third kappa shape index (κ3) is 3.20. The van der Waals surface area contributed by atoms with Crippen LogP contribution >= 0.6 is 11.6 Å². The van der Waals surface area contributed by atoms with Crippen molar-refractivity contribution in [1.29, 1.82) is 0 Å². The summed E-state index contributed by atoms with van der Waals surface area (Å²) < 4.78 is 1.84. The van der Waals surface area contributed by atoms with Crippen LogP contribution in [0.2, 0.25) is 5.02 Å². The van der Waals surface area contributed by atoms with Crippen molar-refractivity contribution >= 4 is 17.6 Å². The number of carbonyl (C=O) groups excluding carboxylic acids is 1. The predicted octanol–water partition coefficient (Wildman–Crippen LogP) is 2.96. The van der Waals surface area contributed by atoms with Crippen LogP contribution in [-0.4, -0.2) is 27.3 Å². The number of halogens is 1. The van der Waals surface area contributed by atoms with Gasteiger partial charge in [-0.2, -0.15) is 5.10 Å². The van der Waals surface area contributed by atoms with Crippen molar-refractivity contribution in [2.45, 2.75) is 33.4 Å². The Morgan fingerprint density at radius 2 is 2.13 bits per heavy atom. The van der Waals surface area contributed by atoms with Crippen molar-refractivity contribution in [3.05, 3.63) is 51.3 Å². The molecule has 0 atom stereocenters. The largest absolute Gasteiger partial charge is 0.334 e. The summed E-state index contributed by atoms with van der Waals surface area (Å²) in [7, 11) is 1.92. The van der Waals surface area contributed by atoms with E-state index in [0.29, 0.717) is 19.6 Å². The normalized spacial score (nSPS) is 13.8. The fraction of sp³-hybridized carbons (Fsp3) is 0.412. The first-order chi connectivity index (χ1) is 11.0. The number of amides is 2. The first-order valence-electron chi connectivity index (χ1n) is 7.75. The number of nitrogens with one attached hydrogen (secondary N) is 1. The van der Waals surface area contributed by atoms with Crippen LogP contribution in [0.5, 0.6) is 0 Å². The van der Waals surface area contributed by atoms with E-state index >= 15 is 0 Å². The lowest BCUT2D eigenvalue weighted by Crippen LogP contribution is -2.42. The quantitative estimate of drug-likeness (QED) is 0.919. The summed E-state index contributed by atoms with van der Waals surface area (Å²) in [5, 5.41) is 8.15. The first kappa shape index (κ1) is 15.9. The Kier molecular flexibility index (Phi) is 4.31. The van der Waals surface area contributed by atoms with Crippen LogP contribution in [0.15, 0.2) is 18.2 Å². The average Bonchev–Trinajstić information content (AvgIpc) is 2.77. The molecule has 0 radical (unpaired) electrons. The topological polar surface area (TPSA) is 50.2 Å². The molecule has 0 bridgehead atoms. The van der Waals surface area contributed by atoms with E-state index in [2.05, 4.69) is 10.4 Å². The molecule has 6 heteroatoms. The third-order valence-electron chi connectivity index (χ3n) is 4.54. The maximum absolute atomic E-state index is 12.4. The van der Waals surface area contributed by atoms with Crippen LogP contribution in [0.3, 0.4) is 0 Å². The summed E-state index contributed by atoms with van der Waals surface area (Å²) in [4.78, 5) is 14.3. The average molecular weight is 333 g/mol. The minimum atomic E-state index is -0.0340. The predicted molar refractivity (Wildman–Crippen MR) is 90.5 cm³/mol. The van der Waals surface area contributed by atoms with Crippen LogP contribution in [0, 0.1) is 13.8 Å². The van der Waals surface area contributed by atoms with E-state index in [9.17, 15) is 4.79 Å². The SMILES string of the molecule is Cc1nn(C)c(C)c1CNC(=O)N1CCc2cc(Cl)ccc2C1. The molecule has 1 aliphatic rings. The number of hydrogen-bond acceptors (Lipinski definition) is 2. The molecule has 2 amide bonds. The zero-order valence-electron chi connectivity index (χ0n) is 13.7. The number of aromatic nitrogens is 2. The molecule has 2 aromatic rings. The molecule has 0 spiro atoms. The summed E-state index contributed by atoms with van der Waals surface area (Å²) in [6.07, 6.45) is 0.842. The van der Waals surface area contributed by atoms with Gasteiger partial charge in [0.25, 0.3) is 0 Å². The van der Waals surface area contributed by atoms with Gasteiger partial charge in [-0.25, -0.2) is 4.79 Å². The highest BCUT2D eigenvalue weighted by molar-refractivity contribution is 6.30. The van der Waals surface area contributed by atoms with Crippen LogP contribution in [0.1, 0.15) is 28.1 Å². The number of hydrogen-bond donors (Lipinski definition) is 1. The van der Waals surface area contributed by atoms with Gasteiger partial charge in [0.2, 0.25) is 0 Å². The Morgan fingerprint density at radius 1 is 1.35 bits per heavy atom. The zero-order valence-corrected chi connectivity index (χ0v) is 14.4. The summed E-state index contributed by atoms with van der Waals surface area (Å²) in [6, 6.07) is 5.85. The molecule has 0 unspecified atom stereocenters. The van der Waals surface area contributed by atoms with Gasteiger partial charge in [-0.3, -0.25) is 4.68 Å². The Morgan fingerprint density at radius 3 is 2.83 bits per heavy atom. The summed E-state index contributed by atoms with van der Waals surface area (Å²) in [5.41, 5.74) is 5.54. The molecule has 0 saturated carbocycles.